The van der Waals surface area contributed by atoms with Gasteiger partial charge in [0.05, 0.1) is 19.3 Å². The normalized spacial score (nSPS) is 13.7. The van der Waals surface area contributed by atoms with Gasteiger partial charge in [-0.1, -0.05) is 122 Å². The first-order chi connectivity index (χ1) is 20.6. The van der Waals surface area contributed by atoms with Crippen molar-refractivity contribution < 1.29 is 14.6 Å². The Morgan fingerprint density at radius 2 is 0.929 bits per heavy atom. The number of aliphatic hydroxyl groups is 1. The molecule has 4 nitrogen and oxygen atoms in total. The number of allylic oxidation sites excluding steroid dienone is 4. The molecule has 0 heterocycles. The zero-order valence-electron chi connectivity index (χ0n) is 29.0. The lowest BCUT2D eigenvalue weighted by Crippen LogP contribution is -2.24. The highest BCUT2D eigenvalue weighted by Crippen LogP contribution is 2.15. The van der Waals surface area contributed by atoms with Crippen LogP contribution in [0.2, 0.25) is 0 Å². The lowest BCUT2D eigenvalue weighted by Gasteiger charge is -2.20. The minimum Gasteiger partial charge on any atom is -0.377 e. The molecule has 0 radical (unpaired) electrons. The topological polar surface area (TPSA) is 41.9 Å². The Bertz CT molecular complexity index is 563. The Morgan fingerprint density at radius 1 is 0.500 bits per heavy atom. The molecular weight excluding hydrogens is 518 g/mol. The van der Waals surface area contributed by atoms with E-state index in [2.05, 4.69) is 57.1 Å². The van der Waals surface area contributed by atoms with Gasteiger partial charge < -0.3 is 19.5 Å². The highest BCUT2D eigenvalue weighted by atomic mass is 16.6. The van der Waals surface area contributed by atoms with Crippen LogP contribution in [0.1, 0.15) is 174 Å². The van der Waals surface area contributed by atoms with Crippen LogP contribution >= 0.6 is 0 Å². The SMILES string of the molecule is CCCCCC/C=C/CCCCCCCC(O)OCCC(CCCCCCC/C=C/CCCCCC)OCCN(C)C. The number of ether oxygens (including phenoxy) is 2. The molecule has 0 spiro atoms. The average molecular weight is 594 g/mol. The molecule has 0 aromatic heterocycles. The molecular formula is C38H75NO3. The largest absolute Gasteiger partial charge is 0.377 e. The maximum Gasteiger partial charge on any atom is 0.154 e. The second-order valence-electron chi connectivity index (χ2n) is 12.7. The molecule has 2 atom stereocenters. The minimum absolute atomic E-state index is 0.234. The fraction of sp³-hybridized carbons (Fsp3) is 0.895. The highest BCUT2D eigenvalue weighted by molar-refractivity contribution is 4.82. The van der Waals surface area contributed by atoms with Gasteiger partial charge in [-0.25, -0.2) is 0 Å². The first-order valence-electron chi connectivity index (χ1n) is 18.5. The minimum atomic E-state index is -0.631. The van der Waals surface area contributed by atoms with Crippen LogP contribution < -0.4 is 0 Å². The van der Waals surface area contributed by atoms with Crippen molar-refractivity contribution in [2.75, 3.05) is 33.9 Å². The van der Waals surface area contributed by atoms with Gasteiger partial charge in [0.1, 0.15) is 0 Å². The van der Waals surface area contributed by atoms with Gasteiger partial charge in [0, 0.05) is 6.54 Å². The first kappa shape index (κ1) is 41.3. The molecule has 0 aliphatic rings. The van der Waals surface area contributed by atoms with Crippen molar-refractivity contribution in [1.82, 2.24) is 4.90 Å². The second-order valence-corrected chi connectivity index (χ2v) is 12.7. The molecule has 0 bridgehead atoms. The fourth-order valence-corrected chi connectivity index (χ4v) is 5.26. The molecule has 0 aromatic rings. The number of aliphatic hydroxyl groups excluding tert-OH is 1. The van der Waals surface area contributed by atoms with Gasteiger partial charge >= 0.3 is 0 Å². The predicted molar refractivity (Wildman–Crippen MR) is 185 cm³/mol. The average Bonchev–Trinajstić information content (AvgIpc) is 2.97. The molecule has 4 heteroatoms. The molecule has 1 N–H and O–H groups in total. The van der Waals surface area contributed by atoms with E-state index in [4.69, 9.17) is 9.47 Å². The molecule has 0 saturated carbocycles. The molecule has 0 rings (SSSR count). The van der Waals surface area contributed by atoms with Gasteiger partial charge in [-0.15, -0.1) is 0 Å². The molecule has 0 aromatic carbocycles. The van der Waals surface area contributed by atoms with Crippen molar-refractivity contribution in [1.29, 1.82) is 0 Å². The zero-order valence-corrected chi connectivity index (χ0v) is 29.0. The summed E-state index contributed by atoms with van der Waals surface area (Å²) in [6.07, 6.45) is 40.2. The van der Waals surface area contributed by atoms with Crippen molar-refractivity contribution in [3.8, 4) is 0 Å². The standard InChI is InChI=1S/C38H75NO3/c1-5-7-9-11-13-15-17-19-21-23-25-27-29-31-37(41-36-34-39(3)4)33-35-42-38(40)32-30-28-26-24-22-20-18-16-14-12-10-8-6-2/h15-18,37-38,40H,5-14,19-36H2,1-4H3/b17-15+,18-16+. The molecule has 0 fully saturated rings. The number of hydrogen-bond acceptors (Lipinski definition) is 4. The first-order valence-corrected chi connectivity index (χ1v) is 18.5. The van der Waals surface area contributed by atoms with E-state index in [1.54, 1.807) is 0 Å². The zero-order chi connectivity index (χ0) is 30.8. The van der Waals surface area contributed by atoms with Crippen LogP contribution in [0, 0.1) is 0 Å². The number of rotatable bonds is 34. The third kappa shape index (κ3) is 33.8. The van der Waals surface area contributed by atoms with Crippen molar-refractivity contribution in [3.05, 3.63) is 24.3 Å². The van der Waals surface area contributed by atoms with Crippen LogP contribution in [-0.2, 0) is 9.47 Å². The number of likely N-dealkylation sites (N-methyl/N-ethyl adjacent to an activating group) is 1. The molecule has 0 aliphatic carbocycles. The van der Waals surface area contributed by atoms with Crippen LogP contribution in [0.5, 0.6) is 0 Å². The van der Waals surface area contributed by atoms with Crippen LogP contribution in [-0.4, -0.2) is 56.3 Å². The Kier molecular flexibility index (Phi) is 34.2. The summed E-state index contributed by atoms with van der Waals surface area (Å²) in [4.78, 5) is 2.17. The van der Waals surface area contributed by atoms with Crippen LogP contribution in [0.15, 0.2) is 24.3 Å². The Morgan fingerprint density at radius 3 is 1.40 bits per heavy atom. The van der Waals surface area contributed by atoms with E-state index in [1.165, 1.54) is 135 Å². The molecule has 250 valence electrons. The van der Waals surface area contributed by atoms with Gasteiger partial charge in [0.15, 0.2) is 6.29 Å². The molecule has 0 aliphatic heterocycles. The van der Waals surface area contributed by atoms with Crippen molar-refractivity contribution >= 4 is 0 Å². The van der Waals surface area contributed by atoms with E-state index in [0.29, 0.717) is 6.61 Å². The van der Waals surface area contributed by atoms with E-state index in [9.17, 15) is 5.11 Å². The molecule has 2 unspecified atom stereocenters. The number of nitrogens with zero attached hydrogens (tertiary/aromatic N) is 1. The summed E-state index contributed by atoms with van der Waals surface area (Å²) in [6, 6.07) is 0. The third-order valence-electron chi connectivity index (χ3n) is 8.14. The summed E-state index contributed by atoms with van der Waals surface area (Å²) in [5.74, 6) is 0. The lowest BCUT2D eigenvalue weighted by atomic mass is 10.0. The fourth-order valence-electron chi connectivity index (χ4n) is 5.26. The molecule has 0 amide bonds. The van der Waals surface area contributed by atoms with Crippen LogP contribution in [0.3, 0.4) is 0 Å². The molecule has 0 saturated heterocycles. The van der Waals surface area contributed by atoms with Crippen LogP contribution in [0.4, 0.5) is 0 Å². The predicted octanol–water partition coefficient (Wildman–Crippen LogP) is 11.2. The summed E-state index contributed by atoms with van der Waals surface area (Å²) < 4.78 is 12.0. The Labute approximate surface area is 264 Å². The quantitative estimate of drug-likeness (QED) is 0.0458. The Balaban J connectivity index is 3.83. The second kappa shape index (κ2) is 34.8. The van der Waals surface area contributed by atoms with Crippen molar-refractivity contribution in [2.45, 2.75) is 187 Å². The van der Waals surface area contributed by atoms with Gasteiger partial charge in [-0.05, 0) is 91.1 Å². The van der Waals surface area contributed by atoms with E-state index in [0.717, 1.165) is 38.8 Å². The van der Waals surface area contributed by atoms with E-state index in [-0.39, 0.29) is 6.10 Å². The maximum atomic E-state index is 10.3. The summed E-state index contributed by atoms with van der Waals surface area (Å²) in [5, 5.41) is 10.3. The Hall–Kier alpha value is -0.680. The van der Waals surface area contributed by atoms with Crippen molar-refractivity contribution in [2.24, 2.45) is 0 Å². The highest BCUT2D eigenvalue weighted by Gasteiger charge is 2.11. The van der Waals surface area contributed by atoms with Gasteiger partial charge in [-0.2, -0.15) is 0 Å². The smallest absolute Gasteiger partial charge is 0.154 e. The van der Waals surface area contributed by atoms with Crippen molar-refractivity contribution in [3.63, 3.8) is 0 Å². The van der Waals surface area contributed by atoms with Gasteiger partial charge in [0.2, 0.25) is 0 Å². The summed E-state index contributed by atoms with van der Waals surface area (Å²) in [5.41, 5.74) is 0. The van der Waals surface area contributed by atoms with E-state index < -0.39 is 6.29 Å². The van der Waals surface area contributed by atoms with E-state index in [1.807, 2.05) is 0 Å². The summed E-state index contributed by atoms with van der Waals surface area (Å²) in [6.45, 7) is 6.84. The molecule has 42 heavy (non-hydrogen) atoms. The van der Waals surface area contributed by atoms with Crippen LogP contribution in [0.25, 0.3) is 0 Å². The monoisotopic (exact) mass is 594 g/mol. The lowest BCUT2D eigenvalue weighted by molar-refractivity contribution is -0.113. The number of hydrogen-bond donors (Lipinski definition) is 1. The van der Waals surface area contributed by atoms with Gasteiger partial charge in [-0.3, -0.25) is 0 Å². The third-order valence-corrected chi connectivity index (χ3v) is 8.14. The number of unbranched alkanes of at least 4 members (excludes halogenated alkanes) is 18. The summed E-state index contributed by atoms with van der Waals surface area (Å²) in [7, 11) is 4.18. The summed E-state index contributed by atoms with van der Waals surface area (Å²) >= 11 is 0. The van der Waals surface area contributed by atoms with E-state index >= 15 is 0 Å². The van der Waals surface area contributed by atoms with Gasteiger partial charge in [0.25, 0.3) is 0 Å². The maximum absolute atomic E-state index is 10.3.